The van der Waals surface area contributed by atoms with E-state index in [1.807, 2.05) is 48.5 Å². The Morgan fingerprint density at radius 3 is 2.50 bits per heavy atom. The molecule has 0 bridgehead atoms. The van der Waals surface area contributed by atoms with Gasteiger partial charge in [0.15, 0.2) is 0 Å². The summed E-state index contributed by atoms with van der Waals surface area (Å²) in [5.74, 6) is 0.426. The van der Waals surface area contributed by atoms with Crippen LogP contribution in [0.5, 0.6) is 5.75 Å². The van der Waals surface area contributed by atoms with Gasteiger partial charge in [0.25, 0.3) is 0 Å². The van der Waals surface area contributed by atoms with Crippen molar-refractivity contribution in [2.24, 2.45) is 5.73 Å². The molecule has 0 aliphatic rings. The van der Waals surface area contributed by atoms with Gasteiger partial charge >= 0.3 is 5.97 Å². The summed E-state index contributed by atoms with van der Waals surface area (Å²) in [6, 6.07) is 15.4. The highest BCUT2D eigenvalue weighted by Crippen LogP contribution is 2.29. The maximum Gasteiger partial charge on any atom is 0.307 e. The Bertz CT molecular complexity index is 625. The van der Waals surface area contributed by atoms with E-state index in [0.717, 1.165) is 22.4 Å². The van der Waals surface area contributed by atoms with Crippen LogP contribution in [0.2, 0.25) is 0 Å². The third kappa shape index (κ3) is 4.09. The summed E-state index contributed by atoms with van der Waals surface area (Å²) in [7, 11) is 1.62. The molecule has 0 aliphatic carbocycles. The number of benzene rings is 2. The van der Waals surface area contributed by atoms with Gasteiger partial charge in [-0.15, -0.1) is 0 Å². The van der Waals surface area contributed by atoms with Crippen molar-refractivity contribution in [2.45, 2.75) is 19.4 Å². The summed E-state index contributed by atoms with van der Waals surface area (Å²) in [6.07, 6.45) is 0.148. The lowest BCUT2D eigenvalue weighted by atomic mass is 9.98. The quantitative estimate of drug-likeness (QED) is 0.831. The van der Waals surface area contributed by atoms with Crippen molar-refractivity contribution >= 4 is 5.97 Å². The number of carbonyl (C=O) groups is 1. The summed E-state index contributed by atoms with van der Waals surface area (Å²) in [4.78, 5) is 11.6. The molecule has 22 heavy (non-hydrogen) atoms. The third-order valence-electron chi connectivity index (χ3n) is 3.39. The summed E-state index contributed by atoms with van der Waals surface area (Å²) in [5.41, 5.74) is 9.08. The predicted octanol–water partition coefficient (Wildman–Crippen LogP) is 3.32. The fourth-order valence-corrected chi connectivity index (χ4v) is 2.27. The van der Waals surface area contributed by atoms with Crippen LogP contribution in [0.4, 0.5) is 0 Å². The maximum absolute atomic E-state index is 11.6. The molecule has 2 rings (SSSR count). The van der Waals surface area contributed by atoms with Gasteiger partial charge in [0.05, 0.1) is 20.1 Å². The van der Waals surface area contributed by atoms with Crippen molar-refractivity contribution in [1.82, 2.24) is 0 Å². The Morgan fingerprint density at radius 2 is 1.86 bits per heavy atom. The highest BCUT2D eigenvalue weighted by atomic mass is 16.5. The second-order valence-corrected chi connectivity index (χ2v) is 4.98. The van der Waals surface area contributed by atoms with Crippen LogP contribution < -0.4 is 10.5 Å². The number of esters is 1. The van der Waals surface area contributed by atoms with Crippen molar-refractivity contribution in [3.8, 4) is 16.9 Å². The van der Waals surface area contributed by atoms with Crippen LogP contribution in [0, 0.1) is 0 Å². The molecular formula is C18H21NO3. The Balaban J connectivity index is 2.30. The Hall–Kier alpha value is -2.33. The smallest absolute Gasteiger partial charge is 0.307 e. The van der Waals surface area contributed by atoms with Crippen molar-refractivity contribution < 1.29 is 14.3 Å². The summed E-state index contributed by atoms with van der Waals surface area (Å²) >= 11 is 0. The Kier molecular flexibility index (Phi) is 5.55. The Morgan fingerprint density at radius 1 is 1.14 bits per heavy atom. The van der Waals surface area contributed by atoms with E-state index in [0.29, 0.717) is 6.61 Å². The molecule has 0 saturated carbocycles. The lowest BCUT2D eigenvalue weighted by Gasteiger charge is -2.15. The maximum atomic E-state index is 11.6. The standard InChI is InChI=1S/C18H21NO3/c1-3-22-18(20)12-17(19)15-9-14(10-16(11-15)21-2)13-7-5-4-6-8-13/h4-11,17H,3,12,19H2,1-2H3/t17-/m0/s1. The van der Waals surface area contributed by atoms with E-state index in [1.165, 1.54) is 0 Å². The first kappa shape index (κ1) is 16.0. The zero-order chi connectivity index (χ0) is 15.9. The molecule has 0 heterocycles. The zero-order valence-electron chi connectivity index (χ0n) is 12.9. The first-order valence-corrected chi connectivity index (χ1v) is 7.29. The average molecular weight is 299 g/mol. The van der Waals surface area contributed by atoms with Crippen molar-refractivity contribution in [3.63, 3.8) is 0 Å². The molecule has 116 valence electrons. The number of nitrogens with two attached hydrogens (primary N) is 1. The fraction of sp³-hybridized carbons (Fsp3) is 0.278. The molecule has 2 aromatic carbocycles. The summed E-state index contributed by atoms with van der Waals surface area (Å²) < 4.78 is 10.3. The molecule has 0 aliphatic heterocycles. The van der Waals surface area contributed by atoms with Gasteiger partial charge in [0.2, 0.25) is 0 Å². The molecule has 4 nitrogen and oxygen atoms in total. The number of methoxy groups -OCH3 is 1. The first-order chi connectivity index (χ1) is 10.6. The number of hydrogen-bond acceptors (Lipinski definition) is 4. The van der Waals surface area contributed by atoms with Gasteiger partial charge in [-0.1, -0.05) is 30.3 Å². The lowest BCUT2D eigenvalue weighted by molar-refractivity contribution is -0.143. The predicted molar refractivity (Wildman–Crippen MR) is 86.6 cm³/mol. The molecule has 0 aromatic heterocycles. The number of hydrogen-bond donors (Lipinski definition) is 1. The van der Waals surface area contributed by atoms with Crippen LogP contribution >= 0.6 is 0 Å². The molecule has 0 fully saturated rings. The van der Waals surface area contributed by atoms with Gasteiger partial charge in [0.1, 0.15) is 5.75 Å². The van der Waals surface area contributed by atoms with E-state index in [4.69, 9.17) is 15.2 Å². The number of carbonyl (C=O) groups excluding carboxylic acids is 1. The van der Waals surface area contributed by atoms with Crippen molar-refractivity contribution in [3.05, 3.63) is 54.1 Å². The third-order valence-corrected chi connectivity index (χ3v) is 3.39. The monoisotopic (exact) mass is 299 g/mol. The van der Waals surface area contributed by atoms with Gasteiger partial charge in [0, 0.05) is 6.04 Å². The normalized spacial score (nSPS) is 11.8. The molecule has 0 radical (unpaired) electrons. The molecule has 0 unspecified atom stereocenters. The molecule has 0 spiro atoms. The van der Waals surface area contributed by atoms with Gasteiger partial charge in [-0.05, 0) is 41.8 Å². The summed E-state index contributed by atoms with van der Waals surface area (Å²) in [5, 5.41) is 0. The van der Waals surface area contributed by atoms with Gasteiger partial charge < -0.3 is 15.2 Å². The second kappa shape index (κ2) is 7.61. The largest absolute Gasteiger partial charge is 0.497 e. The van der Waals surface area contributed by atoms with E-state index in [1.54, 1.807) is 14.0 Å². The van der Waals surface area contributed by atoms with E-state index in [-0.39, 0.29) is 12.4 Å². The molecule has 0 amide bonds. The molecule has 2 aromatic rings. The van der Waals surface area contributed by atoms with Gasteiger partial charge in [-0.2, -0.15) is 0 Å². The highest BCUT2D eigenvalue weighted by molar-refractivity contribution is 5.71. The van der Waals surface area contributed by atoms with E-state index in [9.17, 15) is 4.79 Å². The number of ether oxygens (including phenoxy) is 2. The lowest BCUT2D eigenvalue weighted by Crippen LogP contribution is -2.17. The van der Waals surface area contributed by atoms with E-state index < -0.39 is 6.04 Å². The fourth-order valence-electron chi connectivity index (χ4n) is 2.27. The van der Waals surface area contributed by atoms with Crippen LogP contribution in [-0.2, 0) is 9.53 Å². The van der Waals surface area contributed by atoms with Crippen molar-refractivity contribution in [1.29, 1.82) is 0 Å². The molecule has 1 atom stereocenters. The van der Waals surface area contributed by atoms with Gasteiger partial charge in [-0.25, -0.2) is 0 Å². The van der Waals surface area contributed by atoms with E-state index >= 15 is 0 Å². The first-order valence-electron chi connectivity index (χ1n) is 7.29. The average Bonchev–Trinajstić information content (AvgIpc) is 2.55. The number of rotatable bonds is 6. The summed E-state index contributed by atoms with van der Waals surface area (Å²) in [6.45, 7) is 2.14. The Labute approximate surface area is 130 Å². The molecule has 4 heteroatoms. The van der Waals surface area contributed by atoms with Crippen LogP contribution in [0.25, 0.3) is 11.1 Å². The molecule has 0 saturated heterocycles. The van der Waals surface area contributed by atoms with Crippen molar-refractivity contribution in [2.75, 3.05) is 13.7 Å². The SMILES string of the molecule is CCOC(=O)C[C@H](N)c1cc(OC)cc(-c2ccccc2)c1. The minimum absolute atomic E-state index is 0.148. The van der Waals surface area contributed by atoms with Crippen LogP contribution in [-0.4, -0.2) is 19.7 Å². The minimum atomic E-state index is -0.420. The molecular weight excluding hydrogens is 278 g/mol. The topological polar surface area (TPSA) is 61.5 Å². The van der Waals surface area contributed by atoms with Crippen LogP contribution in [0.1, 0.15) is 24.9 Å². The minimum Gasteiger partial charge on any atom is -0.497 e. The second-order valence-electron chi connectivity index (χ2n) is 4.98. The van der Waals surface area contributed by atoms with Gasteiger partial charge in [-0.3, -0.25) is 4.79 Å². The van der Waals surface area contributed by atoms with E-state index in [2.05, 4.69) is 0 Å². The molecule has 2 N–H and O–H groups in total. The zero-order valence-corrected chi connectivity index (χ0v) is 12.9. The highest BCUT2D eigenvalue weighted by Gasteiger charge is 2.15. The van der Waals surface area contributed by atoms with Crippen LogP contribution in [0.3, 0.4) is 0 Å². The van der Waals surface area contributed by atoms with Crippen LogP contribution in [0.15, 0.2) is 48.5 Å².